The van der Waals surface area contributed by atoms with E-state index in [1.807, 2.05) is 0 Å². The molecule has 6 nitrogen and oxygen atoms in total. The first-order valence-corrected chi connectivity index (χ1v) is 6.51. The number of unbranched alkanes of at least 4 members (excludes halogenated alkanes) is 3. The molecule has 0 spiro atoms. The van der Waals surface area contributed by atoms with Gasteiger partial charge in [-0.1, -0.05) is 26.2 Å². The first-order valence-electron chi connectivity index (χ1n) is 6.51. The summed E-state index contributed by atoms with van der Waals surface area (Å²) >= 11 is 0. The molecule has 1 heterocycles. The van der Waals surface area contributed by atoms with Crippen molar-refractivity contribution in [2.45, 2.75) is 69.2 Å². The molecule has 1 fully saturated rings. The van der Waals surface area contributed by atoms with Crippen molar-refractivity contribution in [2.24, 2.45) is 0 Å². The molecule has 5 N–H and O–H groups in total. The highest BCUT2D eigenvalue weighted by atomic mass is 16.7. The van der Waals surface area contributed by atoms with Gasteiger partial charge in [-0.3, -0.25) is 0 Å². The fourth-order valence-corrected chi connectivity index (χ4v) is 2.23. The first-order chi connectivity index (χ1) is 8.46. The molecule has 1 aliphatic rings. The van der Waals surface area contributed by atoms with Crippen LogP contribution >= 0.6 is 0 Å². The normalized spacial score (nSPS) is 41.0. The largest absolute Gasteiger partial charge is 0.394 e. The summed E-state index contributed by atoms with van der Waals surface area (Å²) in [5.74, 6) is -1.90. The second kappa shape index (κ2) is 6.79. The van der Waals surface area contributed by atoms with E-state index in [0.717, 1.165) is 19.3 Å². The maximum Gasteiger partial charge on any atom is 0.195 e. The fraction of sp³-hybridized carbons (Fsp3) is 1.00. The van der Waals surface area contributed by atoms with Gasteiger partial charge in [0, 0.05) is 6.42 Å². The Morgan fingerprint density at radius 3 is 2.28 bits per heavy atom. The van der Waals surface area contributed by atoms with Gasteiger partial charge in [-0.2, -0.15) is 0 Å². The Labute approximate surface area is 107 Å². The van der Waals surface area contributed by atoms with Gasteiger partial charge in [0.1, 0.15) is 24.4 Å². The van der Waals surface area contributed by atoms with E-state index in [1.165, 1.54) is 0 Å². The van der Waals surface area contributed by atoms with E-state index in [-0.39, 0.29) is 6.42 Å². The van der Waals surface area contributed by atoms with Gasteiger partial charge in [0.25, 0.3) is 0 Å². The van der Waals surface area contributed by atoms with E-state index in [0.29, 0.717) is 6.42 Å². The highest BCUT2D eigenvalue weighted by Crippen LogP contribution is 2.32. The van der Waals surface area contributed by atoms with Crippen molar-refractivity contribution < 1.29 is 30.3 Å². The molecule has 0 aromatic rings. The standard InChI is InChI=1S/C12H24O6/c1-2-3-4-5-6-12(17)11(16)10(15)9(14)8(7-13)18-12/h8-11,13-17H,2-7H2,1H3/t8-,9-,10+,11-,12+/m1/s1. The molecular weight excluding hydrogens is 240 g/mol. The van der Waals surface area contributed by atoms with Crippen LogP contribution in [0, 0.1) is 0 Å². The summed E-state index contributed by atoms with van der Waals surface area (Å²) < 4.78 is 5.14. The van der Waals surface area contributed by atoms with Crippen molar-refractivity contribution in [3.05, 3.63) is 0 Å². The Morgan fingerprint density at radius 1 is 1.06 bits per heavy atom. The van der Waals surface area contributed by atoms with Crippen molar-refractivity contribution in [1.29, 1.82) is 0 Å². The number of hydrogen-bond donors (Lipinski definition) is 5. The SMILES string of the molecule is CCCCCC[C@]1(O)O[C@H](CO)[C@@H](O)[C@H](O)[C@H]1O. The van der Waals surface area contributed by atoms with Gasteiger partial charge >= 0.3 is 0 Å². The second-order valence-electron chi connectivity index (χ2n) is 4.92. The minimum atomic E-state index is -1.90. The molecule has 6 heteroatoms. The minimum absolute atomic E-state index is 0.161. The molecule has 108 valence electrons. The maximum absolute atomic E-state index is 10.2. The van der Waals surface area contributed by atoms with Gasteiger partial charge in [0.2, 0.25) is 0 Å². The molecule has 0 unspecified atom stereocenters. The molecule has 18 heavy (non-hydrogen) atoms. The number of aliphatic hydroxyl groups excluding tert-OH is 4. The molecular formula is C12H24O6. The topological polar surface area (TPSA) is 110 Å². The molecule has 1 saturated heterocycles. The van der Waals surface area contributed by atoms with E-state index in [9.17, 15) is 20.4 Å². The van der Waals surface area contributed by atoms with Crippen LogP contribution in [0.2, 0.25) is 0 Å². The third-order valence-corrected chi connectivity index (χ3v) is 3.44. The molecule has 0 saturated carbocycles. The predicted octanol–water partition coefficient (Wildman–Crippen LogP) is -0.881. The fourth-order valence-electron chi connectivity index (χ4n) is 2.23. The minimum Gasteiger partial charge on any atom is -0.394 e. The maximum atomic E-state index is 10.2. The first kappa shape index (κ1) is 15.8. The third-order valence-electron chi connectivity index (χ3n) is 3.44. The Balaban J connectivity index is 2.60. The molecule has 0 amide bonds. The van der Waals surface area contributed by atoms with Crippen LogP contribution in [-0.2, 0) is 4.74 Å². The molecule has 1 rings (SSSR count). The smallest absolute Gasteiger partial charge is 0.195 e. The van der Waals surface area contributed by atoms with Crippen LogP contribution in [0.15, 0.2) is 0 Å². The second-order valence-corrected chi connectivity index (χ2v) is 4.92. The van der Waals surface area contributed by atoms with Gasteiger partial charge in [0.15, 0.2) is 5.79 Å². The summed E-state index contributed by atoms with van der Waals surface area (Å²) in [5.41, 5.74) is 0. The summed E-state index contributed by atoms with van der Waals surface area (Å²) in [7, 11) is 0. The molecule has 1 aliphatic heterocycles. The Hall–Kier alpha value is -0.240. The number of rotatable bonds is 6. The van der Waals surface area contributed by atoms with Crippen LogP contribution in [0.3, 0.4) is 0 Å². The van der Waals surface area contributed by atoms with E-state index in [4.69, 9.17) is 9.84 Å². The molecule has 0 bridgehead atoms. The molecule has 0 radical (unpaired) electrons. The average molecular weight is 264 g/mol. The lowest BCUT2D eigenvalue weighted by Gasteiger charge is -2.45. The highest BCUT2D eigenvalue weighted by Gasteiger charge is 2.51. The summed E-state index contributed by atoms with van der Waals surface area (Å²) in [5, 5.41) is 48.1. The Bertz CT molecular complexity index is 247. The van der Waals surface area contributed by atoms with E-state index >= 15 is 0 Å². The summed E-state index contributed by atoms with van der Waals surface area (Å²) in [6.07, 6.45) is -1.83. The van der Waals surface area contributed by atoms with Gasteiger partial charge < -0.3 is 30.3 Å². The molecule has 0 aromatic carbocycles. The van der Waals surface area contributed by atoms with E-state index in [1.54, 1.807) is 0 Å². The highest BCUT2D eigenvalue weighted by molar-refractivity contribution is 4.95. The van der Waals surface area contributed by atoms with Crippen LogP contribution in [0.4, 0.5) is 0 Å². The van der Waals surface area contributed by atoms with Crippen molar-refractivity contribution in [3.8, 4) is 0 Å². The van der Waals surface area contributed by atoms with Gasteiger partial charge in [-0.05, 0) is 6.42 Å². The van der Waals surface area contributed by atoms with Crippen molar-refractivity contribution in [2.75, 3.05) is 6.61 Å². The van der Waals surface area contributed by atoms with E-state index < -0.39 is 36.8 Å². The number of aliphatic hydroxyl groups is 5. The monoisotopic (exact) mass is 264 g/mol. The Morgan fingerprint density at radius 2 is 1.72 bits per heavy atom. The lowest BCUT2D eigenvalue weighted by molar-refractivity contribution is -0.351. The zero-order chi connectivity index (χ0) is 13.8. The average Bonchev–Trinajstić information content (AvgIpc) is 2.37. The molecule has 0 aromatic heterocycles. The Kier molecular flexibility index (Phi) is 5.97. The third kappa shape index (κ3) is 3.40. The zero-order valence-electron chi connectivity index (χ0n) is 10.7. The predicted molar refractivity (Wildman–Crippen MR) is 63.7 cm³/mol. The zero-order valence-corrected chi connectivity index (χ0v) is 10.7. The van der Waals surface area contributed by atoms with Gasteiger partial charge in [-0.15, -0.1) is 0 Å². The quantitative estimate of drug-likeness (QED) is 0.398. The van der Waals surface area contributed by atoms with Crippen molar-refractivity contribution >= 4 is 0 Å². The number of ether oxygens (including phenoxy) is 1. The van der Waals surface area contributed by atoms with Crippen LogP contribution in [0.5, 0.6) is 0 Å². The van der Waals surface area contributed by atoms with Crippen molar-refractivity contribution in [1.82, 2.24) is 0 Å². The van der Waals surface area contributed by atoms with Crippen LogP contribution in [0.1, 0.15) is 39.0 Å². The summed E-state index contributed by atoms with van der Waals surface area (Å²) in [6, 6.07) is 0. The number of hydrogen-bond acceptors (Lipinski definition) is 6. The van der Waals surface area contributed by atoms with Crippen LogP contribution in [0.25, 0.3) is 0 Å². The lowest BCUT2D eigenvalue weighted by atomic mass is 9.89. The molecule has 5 atom stereocenters. The summed E-state index contributed by atoms with van der Waals surface area (Å²) in [4.78, 5) is 0. The molecule has 0 aliphatic carbocycles. The van der Waals surface area contributed by atoms with Gasteiger partial charge in [-0.25, -0.2) is 0 Å². The van der Waals surface area contributed by atoms with Crippen LogP contribution < -0.4 is 0 Å². The van der Waals surface area contributed by atoms with Crippen molar-refractivity contribution in [3.63, 3.8) is 0 Å². The lowest BCUT2D eigenvalue weighted by Crippen LogP contribution is -2.65. The van der Waals surface area contributed by atoms with Gasteiger partial charge in [0.05, 0.1) is 6.61 Å². The van der Waals surface area contributed by atoms with E-state index in [2.05, 4.69) is 6.92 Å². The summed E-state index contributed by atoms with van der Waals surface area (Å²) in [6.45, 7) is 1.53. The van der Waals surface area contributed by atoms with Crippen LogP contribution in [-0.4, -0.2) is 62.3 Å².